The summed E-state index contributed by atoms with van der Waals surface area (Å²) in [4.78, 5) is 31.4. The topological polar surface area (TPSA) is 225 Å². The number of nitrogens with zero attached hydrogens (tertiary/aromatic N) is 13. The summed E-state index contributed by atoms with van der Waals surface area (Å²) in [7, 11) is 0. The first-order valence-electron chi connectivity index (χ1n) is 32.9. The number of hydrogen-bond acceptors (Lipinski definition) is 17. The van der Waals surface area contributed by atoms with Gasteiger partial charge in [-0.1, -0.05) is 43.3 Å². The van der Waals surface area contributed by atoms with Gasteiger partial charge in [0.2, 0.25) is 11.6 Å². The van der Waals surface area contributed by atoms with Crippen LogP contribution in [0.1, 0.15) is 73.5 Å². The maximum Gasteiger partial charge on any atom is 0.416 e. The summed E-state index contributed by atoms with van der Waals surface area (Å²) in [6.45, 7) is 10.9. The average molecular weight is 1340 g/mol. The van der Waals surface area contributed by atoms with Crippen LogP contribution in [0.3, 0.4) is 0 Å². The van der Waals surface area contributed by atoms with E-state index >= 15 is 0 Å². The molecule has 2 N–H and O–H groups in total. The molecular weight excluding hydrogens is 1260 g/mol. The molecule has 0 spiro atoms. The van der Waals surface area contributed by atoms with Crippen LogP contribution in [-0.2, 0) is 56.2 Å². The van der Waals surface area contributed by atoms with Gasteiger partial charge < -0.3 is 48.9 Å². The second kappa shape index (κ2) is 29.1. The van der Waals surface area contributed by atoms with Crippen LogP contribution < -0.4 is 41.3 Å². The molecule has 3 fully saturated rings. The van der Waals surface area contributed by atoms with Crippen molar-refractivity contribution in [1.29, 1.82) is 5.26 Å². The summed E-state index contributed by atoms with van der Waals surface area (Å²) in [6.07, 6.45) is 6.02. The molecule has 6 aromatic carbocycles. The number of alkyl halides is 3. The molecule has 98 heavy (non-hydrogen) atoms. The molecule has 26 heteroatoms. The number of aryl methyl sites for hydroxylation is 1. The van der Waals surface area contributed by atoms with Gasteiger partial charge in [0.25, 0.3) is 0 Å². The Morgan fingerprint density at radius 1 is 0.612 bits per heavy atom. The molecule has 23 nitrogen and oxygen atoms in total. The molecule has 10 aromatic rings. The monoisotopic (exact) mass is 1340 g/mol. The smallest absolute Gasteiger partial charge is 0.416 e. The van der Waals surface area contributed by atoms with E-state index in [9.17, 15) is 28.0 Å². The molecule has 0 radical (unpaired) electrons. The van der Waals surface area contributed by atoms with Crippen molar-refractivity contribution < 1.29 is 41.6 Å². The molecule has 3 aliphatic heterocycles. The largest absolute Gasteiger partial charge is 0.491 e. The first-order valence-corrected chi connectivity index (χ1v) is 32.9. The van der Waals surface area contributed by atoms with Crippen molar-refractivity contribution in [2.45, 2.75) is 95.2 Å². The molecule has 508 valence electrons. The first-order chi connectivity index (χ1) is 47.6. The molecule has 0 bridgehead atoms. The molecule has 2 unspecified atom stereocenters. The van der Waals surface area contributed by atoms with E-state index in [0.29, 0.717) is 54.2 Å². The quantitative estimate of drug-likeness (QED) is 0.0457. The SMILES string of the molecule is CCC(C)n1ncn(-c2ccc(N3CCN(c4ccc(OC[C@@H]5CO[C@@](Cn6cc(CCC(C)n7ncn(-c8ccc(NCCNc9ccc(OC[C@@H]%10CO[C@@](Cn%11cccn%11)(c%11ccccc%11C#N)O%10)cc9)cc8)c7=O)cn6)(c6ccccc6C(F)(F)F)O5)cc4)CC3)cc2)c1=O. The van der Waals surface area contributed by atoms with E-state index in [1.165, 1.54) is 43.1 Å². The fraction of sp³-hybridized carbons (Fsp3) is 0.347. The number of nitriles is 1. The van der Waals surface area contributed by atoms with E-state index in [-0.39, 0.29) is 74.6 Å². The highest BCUT2D eigenvalue weighted by atomic mass is 19.4. The van der Waals surface area contributed by atoms with Crippen molar-refractivity contribution in [1.82, 2.24) is 48.3 Å². The minimum atomic E-state index is -4.70. The fourth-order valence-corrected chi connectivity index (χ4v) is 12.6. The number of aromatic nitrogens is 10. The van der Waals surface area contributed by atoms with Crippen LogP contribution in [0.15, 0.2) is 199 Å². The molecule has 0 aliphatic carbocycles. The Bertz CT molecular complexity index is 4450. The number of anilines is 4. The summed E-state index contributed by atoms with van der Waals surface area (Å²) in [5, 5.41) is 34.4. The third-order valence-corrected chi connectivity index (χ3v) is 18.1. The number of hydrogen-bond donors (Lipinski definition) is 2. The minimum absolute atomic E-state index is 0.0164. The highest BCUT2D eigenvalue weighted by molar-refractivity contribution is 5.55. The number of benzene rings is 6. The third kappa shape index (κ3) is 14.8. The first kappa shape index (κ1) is 66.2. The van der Waals surface area contributed by atoms with Gasteiger partial charge in [-0.25, -0.2) is 28.1 Å². The summed E-state index contributed by atoms with van der Waals surface area (Å²) < 4.78 is 91.3. The Morgan fingerprint density at radius 2 is 1.11 bits per heavy atom. The summed E-state index contributed by atoms with van der Waals surface area (Å²) in [5.74, 6) is -1.80. The molecule has 0 saturated carbocycles. The lowest BCUT2D eigenvalue weighted by atomic mass is 9.98. The van der Waals surface area contributed by atoms with Gasteiger partial charge in [-0.2, -0.15) is 38.8 Å². The van der Waals surface area contributed by atoms with E-state index in [4.69, 9.17) is 28.4 Å². The Hall–Kier alpha value is -10.5. The molecule has 6 atom stereocenters. The minimum Gasteiger partial charge on any atom is -0.491 e. The zero-order valence-electron chi connectivity index (χ0n) is 54.5. The molecule has 3 aliphatic rings. The van der Waals surface area contributed by atoms with Gasteiger partial charge in [0.05, 0.1) is 73.2 Å². The van der Waals surface area contributed by atoms with Gasteiger partial charge in [-0.05, 0) is 154 Å². The highest BCUT2D eigenvalue weighted by Gasteiger charge is 2.50. The fourth-order valence-electron chi connectivity index (χ4n) is 12.6. The third-order valence-electron chi connectivity index (χ3n) is 18.1. The van der Waals surface area contributed by atoms with Crippen LogP contribution in [-0.4, -0.2) is 126 Å². The van der Waals surface area contributed by atoms with Gasteiger partial charge in [-0.3, -0.25) is 9.36 Å². The zero-order valence-corrected chi connectivity index (χ0v) is 54.5. The van der Waals surface area contributed by atoms with Crippen molar-refractivity contribution in [3.05, 3.63) is 238 Å². The molecule has 0 amide bonds. The van der Waals surface area contributed by atoms with Gasteiger partial charge in [0, 0.05) is 91.7 Å². The van der Waals surface area contributed by atoms with Crippen LogP contribution >= 0.6 is 0 Å². The van der Waals surface area contributed by atoms with Crippen molar-refractivity contribution in [3.8, 4) is 28.9 Å². The van der Waals surface area contributed by atoms with E-state index in [2.05, 4.69) is 46.9 Å². The second-order valence-corrected chi connectivity index (χ2v) is 24.7. The Balaban J connectivity index is 0.557. The predicted octanol–water partition coefficient (Wildman–Crippen LogP) is 10.4. The Morgan fingerprint density at radius 3 is 1.67 bits per heavy atom. The van der Waals surface area contributed by atoms with Crippen LogP contribution in [0.25, 0.3) is 11.4 Å². The standard InChI is InChI=1S/C72H76F3N15O8/c1-4-51(2)89-68(91)88(49-81-89)60-24-22-57(23-25-60)83-36-38-84(39-37-83)58-26-30-62(31-27-58)94-44-64-46-96-71(98-64,66-12-7-8-13-67(66)72(73,74)75)48-86-42-53(41-80-86)15-14-52(3)90-69(92)87(50-82-90)59-20-16-55(17-21-59)77-33-34-78-56-18-28-61(29-19-56)93-43-63-45-95-70(97-63,47-85-35-9-32-79-85)65-11-6-5-10-54(65)40-76/h5-13,16-32,35,41-42,49-52,63-64,77-78H,4,14-15,33-34,36-39,43-48H2,1-3H3/t51?,52?,63-,64-,70-,71-/m1/s1. The highest BCUT2D eigenvalue weighted by Crippen LogP contribution is 2.44. The number of ether oxygens (including phenoxy) is 6. The van der Waals surface area contributed by atoms with Gasteiger partial charge in [-0.15, -0.1) is 0 Å². The van der Waals surface area contributed by atoms with Crippen molar-refractivity contribution in [3.63, 3.8) is 0 Å². The lowest BCUT2D eigenvalue weighted by Gasteiger charge is -2.37. The van der Waals surface area contributed by atoms with Crippen LogP contribution in [0.4, 0.5) is 35.9 Å². The summed E-state index contributed by atoms with van der Waals surface area (Å²) in [6, 6.07) is 47.2. The summed E-state index contributed by atoms with van der Waals surface area (Å²) in [5.41, 5.74) is 5.71. The van der Waals surface area contributed by atoms with Gasteiger partial charge >= 0.3 is 17.6 Å². The van der Waals surface area contributed by atoms with Crippen molar-refractivity contribution >= 4 is 22.7 Å². The van der Waals surface area contributed by atoms with Crippen molar-refractivity contribution in [2.75, 3.05) is 86.1 Å². The molecule has 7 heterocycles. The molecular formula is C72H76F3N15O8. The summed E-state index contributed by atoms with van der Waals surface area (Å²) >= 11 is 0. The lowest BCUT2D eigenvalue weighted by molar-refractivity contribution is -0.198. The normalized spacial score (nSPS) is 19.3. The number of halogens is 3. The number of nitrogens with one attached hydrogen (secondary N) is 2. The number of piperazine rings is 1. The zero-order chi connectivity index (χ0) is 67.8. The van der Waals surface area contributed by atoms with E-state index in [1.54, 1.807) is 40.2 Å². The van der Waals surface area contributed by atoms with Crippen molar-refractivity contribution in [2.24, 2.45) is 0 Å². The number of rotatable bonds is 27. The second-order valence-electron chi connectivity index (χ2n) is 24.7. The maximum absolute atomic E-state index is 14.7. The molecule has 3 saturated heterocycles. The molecule has 4 aromatic heterocycles. The molecule has 13 rings (SSSR count). The lowest BCUT2D eigenvalue weighted by Crippen LogP contribution is -2.46. The van der Waals surface area contributed by atoms with Gasteiger partial charge in [0.15, 0.2) is 0 Å². The Labute approximate surface area is 563 Å². The van der Waals surface area contributed by atoms with Crippen LogP contribution in [0.5, 0.6) is 11.5 Å². The van der Waals surface area contributed by atoms with Crippen LogP contribution in [0, 0.1) is 11.3 Å². The van der Waals surface area contributed by atoms with Gasteiger partial charge in [0.1, 0.15) is 49.6 Å². The van der Waals surface area contributed by atoms with Crippen LogP contribution in [0.2, 0.25) is 0 Å². The Kier molecular flexibility index (Phi) is 19.6. The maximum atomic E-state index is 14.7. The van der Waals surface area contributed by atoms with E-state index < -0.39 is 29.4 Å². The van der Waals surface area contributed by atoms with E-state index in [0.717, 1.165) is 72.7 Å². The average Bonchev–Trinajstić information content (AvgIpc) is 1.57. The predicted molar refractivity (Wildman–Crippen MR) is 361 cm³/mol. The van der Waals surface area contributed by atoms with E-state index in [1.807, 2.05) is 148 Å².